The fourth-order valence-corrected chi connectivity index (χ4v) is 1.68. The van der Waals surface area contributed by atoms with Crippen molar-refractivity contribution in [2.75, 3.05) is 19.8 Å². The minimum absolute atomic E-state index is 0.0448. The Morgan fingerprint density at radius 2 is 1.95 bits per heavy atom. The van der Waals surface area contributed by atoms with Gasteiger partial charge in [0.15, 0.2) is 6.61 Å². The summed E-state index contributed by atoms with van der Waals surface area (Å²) >= 11 is 0. The second-order valence-corrected chi connectivity index (χ2v) is 4.34. The summed E-state index contributed by atoms with van der Waals surface area (Å²) in [6.07, 6.45) is 1.12. The Hall–Kier alpha value is -1.55. The number of ether oxygens (including phenoxy) is 2. The molecule has 0 heterocycles. The number of carbonyl (C=O) groups excluding carboxylic acids is 1. The second kappa shape index (κ2) is 8.53. The normalized spacial score (nSPS) is 11.9. The zero-order valence-electron chi connectivity index (χ0n) is 11.9. The molecule has 1 N–H and O–H groups in total. The smallest absolute Gasteiger partial charge is 0.344 e. The molecule has 0 saturated heterocycles. The first-order valence-corrected chi connectivity index (χ1v) is 6.79. The van der Waals surface area contributed by atoms with E-state index in [4.69, 9.17) is 9.47 Å². The first-order chi connectivity index (χ1) is 9.17. The first kappa shape index (κ1) is 15.5. The molecule has 1 rings (SSSR count). The molecule has 4 heteroatoms. The molecular weight excluding hydrogens is 242 g/mol. The molecule has 0 saturated carbocycles. The van der Waals surface area contributed by atoms with Gasteiger partial charge >= 0.3 is 5.97 Å². The third-order valence-corrected chi connectivity index (χ3v) is 2.74. The van der Waals surface area contributed by atoms with E-state index in [2.05, 4.69) is 19.2 Å². The van der Waals surface area contributed by atoms with E-state index in [0.717, 1.165) is 13.0 Å². The molecule has 106 valence electrons. The monoisotopic (exact) mass is 265 g/mol. The van der Waals surface area contributed by atoms with E-state index in [-0.39, 0.29) is 12.6 Å². The number of carbonyl (C=O) groups is 1. The van der Waals surface area contributed by atoms with Gasteiger partial charge in [-0.05, 0) is 44.5 Å². The van der Waals surface area contributed by atoms with Gasteiger partial charge in [-0.3, -0.25) is 0 Å². The van der Waals surface area contributed by atoms with Crippen molar-refractivity contribution in [2.45, 2.75) is 33.2 Å². The number of hydrogen-bond acceptors (Lipinski definition) is 4. The highest BCUT2D eigenvalue weighted by Gasteiger charge is 2.06. The van der Waals surface area contributed by atoms with Crippen molar-refractivity contribution in [2.24, 2.45) is 0 Å². The average molecular weight is 265 g/mol. The first-order valence-electron chi connectivity index (χ1n) is 6.79. The second-order valence-electron chi connectivity index (χ2n) is 4.34. The van der Waals surface area contributed by atoms with Crippen LogP contribution in [0.3, 0.4) is 0 Å². The van der Waals surface area contributed by atoms with Crippen LogP contribution in [0.15, 0.2) is 24.3 Å². The molecule has 0 fully saturated rings. The lowest BCUT2D eigenvalue weighted by molar-refractivity contribution is -0.145. The SMILES string of the molecule is CCCNC(C)c1ccc(OCC(=O)OCC)cc1. The van der Waals surface area contributed by atoms with Crippen molar-refractivity contribution in [1.82, 2.24) is 5.32 Å². The lowest BCUT2D eigenvalue weighted by atomic mass is 10.1. The van der Waals surface area contributed by atoms with E-state index in [0.29, 0.717) is 18.4 Å². The quantitative estimate of drug-likeness (QED) is 0.734. The minimum Gasteiger partial charge on any atom is -0.482 e. The van der Waals surface area contributed by atoms with E-state index in [1.807, 2.05) is 24.3 Å². The molecule has 0 bridgehead atoms. The number of esters is 1. The maximum atomic E-state index is 11.2. The third-order valence-electron chi connectivity index (χ3n) is 2.74. The number of nitrogens with one attached hydrogen (secondary N) is 1. The van der Waals surface area contributed by atoms with E-state index in [9.17, 15) is 4.79 Å². The van der Waals surface area contributed by atoms with Gasteiger partial charge in [0.25, 0.3) is 0 Å². The summed E-state index contributed by atoms with van der Waals surface area (Å²) in [5.41, 5.74) is 1.21. The molecule has 0 aliphatic heterocycles. The fourth-order valence-electron chi connectivity index (χ4n) is 1.68. The van der Waals surface area contributed by atoms with Crippen molar-refractivity contribution in [1.29, 1.82) is 0 Å². The van der Waals surface area contributed by atoms with Crippen molar-refractivity contribution in [3.8, 4) is 5.75 Å². The summed E-state index contributed by atoms with van der Waals surface area (Å²) in [5.74, 6) is 0.337. The Balaban J connectivity index is 2.45. The zero-order chi connectivity index (χ0) is 14.1. The fraction of sp³-hybridized carbons (Fsp3) is 0.533. The predicted octanol–water partition coefficient (Wildman–Crippen LogP) is 2.69. The number of rotatable bonds is 8. The molecule has 4 nitrogen and oxygen atoms in total. The molecule has 1 atom stereocenters. The molecule has 0 aromatic heterocycles. The van der Waals surface area contributed by atoms with Crippen LogP contribution in [0.25, 0.3) is 0 Å². The van der Waals surface area contributed by atoms with Crippen molar-refractivity contribution in [3.63, 3.8) is 0 Å². The Morgan fingerprint density at radius 3 is 2.53 bits per heavy atom. The Kier molecular flexibility index (Phi) is 6.97. The molecule has 0 aliphatic carbocycles. The third kappa shape index (κ3) is 5.75. The maximum absolute atomic E-state index is 11.2. The van der Waals surface area contributed by atoms with Crippen LogP contribution in [-0.2, 0) is 9.53 Å². The summed E-state index contributed by atoms with van der Waals surface area (Å²) in [5, 5.41) is 3.42. The van der Waals surface area contributed by atoms with Gasteiger partial charge in [-0.25, -0.2) is 4.79 Å². The molecule has 1 unspecified atom stereocenters. The highest BCUT2D eigenvalue weighted by molar-refractivity contribution is 5.71. The molecule has 1 aromatic rings. The Morgan fingerprint density at radius 1 is 1.26 bits per heavy atom. The summed E-state index contributed by atoms with van der Waals surface area (Å²) in [4.78, 5) is 11.2. The van der Waals surface area contributed by atoms with Crippen LogP contribution >= 0.6 is 0 Å². The summed E-state index contributed by atoms with van der Waals surface area (Å²) < 4.78 is 10.1. The van der Waals surface area contributed by atoms with Gasteiger partial charge in [0.2, 0.25) is 0 Å². The highest BCUT2D eigenvalue weighted by Crippen LogP contribution is 2.17. The van der Waals surface area contributed by atoms with Gasteiger partial charge in [0, 0.05) is 6.04 Å². The van der Waals surface area contributed by atoms with Crippen molar-refractivity contribution >= 4 is 5.97 Å². The van der Waals surface area contributed by atoms with Crippen LogP contribution in [-0.4, -0.2) is 25.7 Å². The average Bonchev–Trinajstić information content (AvgIpc) is 2.43. The van der Waals surface area contributed by atoms with Crippen LogP contribution in [0.4, 0.5) is 0 Å². The number of hydrogen-bond donors (Lipinski definition) is 1. The van der Waals surface area contributed by atoms with Gasteiger partial charge in [0.1, 0.15) is 5.75 Å². The van der Waals surface area contributed by atoms with Crippen LogP contribution in [0.1, 0.15) is 38.8 Å². The molecule has 0 aliphatic rings. The topological polar surface area (TPSA) is 47.6 Å². The van der Waals surface area contributed by atoms with E-state index in [1.54, 1.807) is 6.92 Å². The van der Waals surface area contributed by atoms with E-state index < -0.39 is 0 Å². The lowest BCUT2D eigenvalue weighted by Crippen LogP contribution is -2.19. The van der Waals surface area contributed by atoms with Crippen molar-refractivity contribution in [3.05, 3.63) is 29.8 Å². The van der Waals surface area contributed by atoms with Crippen LogP contribution in [0, 0.1) is 0 Å². The van der Waals surface area contributed by atoms with Gasteiger partial charge in [-0.2, -0.15) is 0 Å². The molecule has 19 heavy (non-hydrogen) atoms. The van der Waals surface area contributed by atoms with Gasteiger partial charge < -0.3 is 14.8 Å². The van der Waals surface area contributed by atoms with E-state index >= 15 is 0 Å². The molecule has 0 spiro atoms. The standard InChI is InChI=1S/C15H23NO3/c1-4-10-16-12(3)13-6-8-14(9-7-13)19-11-15(17)18-5-2/h6-9,12,16H,4-5,10-11H2,1-3H3. The van der Waals surface area contributed by atoms with Crippen molar-refractivity contribution < 1.29 is 14.3 Å². The highest BCUT2D eigenvalue weighted by atomic mass is 16.6. The number of benzene rings is 1. The minimum atomic E-state index is -0.343. The maximum Gasteiger partial charge on any atom is 0.344 e. The van der Waals surface area contributed by atoms with Gasteiger partial charge in [0.05, 0.1) is 6.61 Å². The largest absolute Gasteiger partial charge is 0.482 e. The summed E-state index contributed by atoms with van der Waals surface area (Å²) in [6.45, 7) is 7.38. The molecular formula is C15H23NO3. The molecule has 0 amide bonds. The van der Waals surface area contributed by atoms with Gasteiger partial charge in [-0.1, -0.05) is 19.1 Å². The molecule has 1 aromatic carbocycles. The Bertz CT molecular complexity index is 375. The predicted molar refractivity (Wildman–Crippen MR) is 75.3 cm³/mol. The Labute approximate surface area is 115 Å². The summed E-state index contributed by atoms with van der Waals surface area (Å²) in [6, 6.07) is 8.08. The van der Waals surface area contributed by atoms with Crippen LogP contribution < -0.4 is 10.1 Å². The lowest BCUT2D eigenvalue weighted by Gasteiger charge is -2.14. The summed E-state index contributed by atoms with van der Waals surface area (Å²) in [7, 11) is 0. The zero-order valence-corrected chi connectivity index (χ0v) is 11.9. The van der Waals surface area contributed by atoms with Gasteiger partial charge in [-0.15, -0.1) is 0 Å². The van der Waals surface area contributed by atoms with Crippen LogP contribution in [0.5, 0.6) is 5.75 Å². The molecule has 0 radical (unpaired) electrons. The van der Waals surface area contributed by atoms with Crippen LogP contribution in [0.2, 0.25) is 0 Å². The van der Waals surface area contributed by atoms with E-state index in [1.165, 1.54) is 5.56 Å².